The van der Waals surface area contributed by atoms with Crippen LogP contribution in [0.5, 0.6) is 0 Å². The number of nitrogens with two attached hydrogens (primary N) is 1. The van der Waals surface area contributed by atoms with Crippen LogP contribution in [0.25, 0.3) is 0 Å². The fraction of sp³-hybridized carbons (Fsp3) is 0.917. The zero-order valence-electron chi connectivity index (χ0n) is 10.3. The molecule has 0 aliphatic carbocycles. The molecule has 16 heavy (non-hydrogen) atoms. The third kappa shape index (κ3) is 2.38. The molecule has 92 valence electrons. The normalized spacial score (nSPS) is 36.1. The standard InChI is InChI=1S/C12H23N3O/c1-8(13)12(16)14-7-9-5-10-3-4-11(6-9)15(10)2/h8-11H,3-7,13H2,1-2H3,(H,14,16). The van der Waals surface area contributed by atoms with E-state index in [1.54, 1.807) is 6.92 Å². The number of hydrogen-bond donors (Lipinski definition) is 2. The van der Waals surface area contributed by atoms with Gasteiger partial charge in [0.05, 0.1) is 6.04 Å². The molecule has 3 atom stereocenters. The Labute approximate surface area is 97.6 Å². The van der Waals surface area contributed by atoms with Crippen LogP contribution in [-0.2, 0) is 4.79 Å². The highest BCUT2D eigenvalue weighted by Gasteiger charge is 2.38. The zero-order chi connectivity index (χ0) is 11.7. The number of rotatable bonds is 3. The molecule has 4 nitrogen and oxygen atoms in total. The molecule has 1 amide bonds. The second-order valence-electron chi connectivity index (χ2n) is 5.42. The summed E-state index contributed by atoms with van der Waals surface area (Å²) in [4.78, 5) is 13.9. The predicted molar refractivity (Wildman–Crippen MR) is 64.0 cm³/mol. The number of piperidine rings is 1. The van der Waals surface area contributed by atoms with Crippen molar-refractivity contribution in [3.8, 4) is 0 Å². The lowest BCUT2D eigenvalue weighted by molar-refractivity contribution is -0.122. The lowest BCUT2D eigenvalue weighted by atomic mass is 9.91. The minimum Gasteiger partial charge on any atom is -0.354 e. The smallest absolute Gasteiger partial charge is 0.236 e. The van der Waals surface area contributed by atoms with Gasteiger partial charge in [0.15, 0.2) is 0 Å². The topological polar surface area (TPSA) is 58.4 Å². The molecule has 2 heterocycles. The first-order valence-corrected chi connectivity index (χ1v) is 6.33. The molecule has 0 aromatic heterocycles. The van der Waals surface area contributed by atoms with Crippen molar-refractivity contribution in [2.24, 2.45) is 11.7 Å². The summed E-state index contributed by atoms with van der Waals surface area (Å²) in [6.45, 7) is 2.54. The third-order valence-electron chi connectivity index (χ3n) is 4.17. The number of carbonyl (C=O) groups is 1. The first-order chi connectivity index (χ1) is 7.58. The van der Waals surface area contributed by atoms with Gasteiger partial charge in [-0.25, -0.2) is 0 Å². The van der Waals surface area contributed by atoms with Crippen LogP contribution >= 0.6 is 0 Å². The molecule has 2 aliphatic rings. The Balaban J connectivity index is 1.78. The van der Waals surface area contributed by atoms with E-state index >= 15 is 0 Å². The summed E-state index contributed by atoms with van der Waals surface area (Å²) in [6, 6.07) is 1.11. The summed E-state index contributed by atoms with van der Waals surface area (Å²) in [5.41, 5.74) is 5.52. The van der Waals surface area contributed by atoms with E-state index in [2.05, 4.69) is 17.3 Å². The van der Waals surface area contributed by atoms with Crippen molar-refractivity contribution in [2.75, 3.05) is 13.6 Å². The highest BCUT2D eigenvalue weighted by Crippen LogP contribution is 2.36. The highest BCUT2D eigenvalue weighted by atomic mass is 16.2. The molecule has 0 radical (unpaired) electrons. The predicted octanol–water partition coefficient (Wildman–Crippen LogP) is 0.323. The maximum Gasteiger partial charge on any atom is 0.236 e. The summed E-state index contributed by atoms with van der Waals surface area (Å²) in [6.07, 6.45) is 5.12. The fourth-order valence-electron chi connectivity index (χ4n) is 3.10. The van der Waals surface area contributed by atoms with Gasteiger partial charge in [-0.3, -0.25) is 4.79 Å². The van der Waals surface area contributed by atoms with E-state index < -0.39 is 0 Å². The first-order valence-electron chi connectivity index (χ1n) is 6.33. The lowest BCUT2D eigenvalue weighted by Gasteiger charge is -2.36. The van der Waals surface area contributed by atoms with Gasteiger partial charge in [0.2, 0.25) is 5.91 Å². The number of hydrogen-bond acceptors (Lipinski definition) is 3. The minimum atomic E-state index is -0.386. The van der Waals surface area contributed by atoms with Crippen molar-refractivity contribution in [3.05, 3.63) is 0 Å². The van der Waals surface area contributed by atoms with Gasteiger partial charge in [-0.15, -0.1) is 0 Å². The molecule has 0 spiro atoms. The lowest BCUT2D eigenvalue weighted by Crippen LogP contribution is -2.45. The van der Waals surface area contributed by atoms with Crippen LogP contribution < -0.4 is 11.1 Å². The Bertz CT molecular complexity index is 253. The van der Waals surface area contributed by atoms with E-state index in [9.17, 15) is 4.79 Å². The number of amides is 1. The van der Waals surface area contributed by atoms with Gasteiger partial charge in [-0.05, 0) is 45.6 Å². The molecule has 0 saturated carbocycles. The van der Waals surface area contributed by atoms with Gasteiger partial charge in [0, 0.05) is 18.6 Å². The molecular formula is C12H23N3O. The summed E-state index contributed by atoms with van der Waals surface area (Å²) in [5, 5.41) is 2.95. The molecule has 2 fully saturated rings. The maximum absolute atomic E-state index is 11.4. The number of fused-ring (bicyclic) bond motifs is 2. The van der Waals surface area contributed by atoms with E-state index in [0.29, 0.717) is 5.92 Å². The van der Waals surface area contributed by atoms with Crippen LogP contribution in [0.4, 0.5) is 0 Å². The quantitative estimate of drug-likeness (QED) is 0.727. The van der Waals surface area contributed by atoms with Crippen molar-refractivity contribution < 1.29 is 4.79 Å². The number of nitrogens with zero attached hydrogens (tertiary/aromatic N) is 1. The number of nitrogens with one attached hydrogen (secondary N) is 1. The minimum absolute atomic E-state index is 0.0220. The van der Waals surface area contributed by atoms with Crippen LogP contribution in [0.3, 0.4) is 0 Å². The largest absolute Gasteiger partial charge is 0.354 e. The van der Waals surface area contributed by atoms with Crippen LogP contribution in [0.2, 0.25) is 0 Å². The molecule has 2 saturated heterocycles. The van der Waals surface area contributed by atoms with Crippen LogP contribution in [0.15, 0.2) is 0 Å². The van der Waals surface area contributed by atoms with Crippen molar-refractivity contribution in [3.63, 3.8) is 0 Å². The summed E-state index contributed by atoms with van der Waals surface area (Å²) in [5.74, 6) is 0.627. The molecule has 2 rings (SSSR count). The van der Waals surface area contributed by atoms with E-state index in [4.69, 9.17) is 5.73 Å². The van der Waals surface area contributed by atoms with Gasteiger partial charge < -0.3 is 16.0 Å². The van der Waals surface area contributed by atoms with E-state index in [1.807, 2.05) is 0 Å². The molecule has 2 bridgehead atoms. The van der Waals surface area contributed by atoms with E-state index in [0.717, 1.165) is 18.6 Å². The van der Waals surface area contributed by atoms with Gasteiger partial charge >= 0.3 is 0 Å². The van der Waals surface area contributed by atoms with E-state index in [-0.39, 0.29) is 11.9 Å². The van der Waals surface area contributed by atoms with Gasteiger partial charge in [0.25, 0.3) is 0 Å². The fourth-order valence-corrected chi connectivity index (χ4v) is 3.10. The Morgan fingerprint density at radius 3 is 2.50 bits per heavy atom. The average molecular weight is 225 g/mol. The van der Waals surface area contributed by atoms with Crippen molar-refractivity contribution >= 4 is 5.91 Å². The second kappa shape index (κ2) is 4.72. The molecule has 2 aliphatic heterocycles. The Morgan fingerprint density at radius 2 is 2.00 bits per heavy atom. The molecule has 4 heteroatoms. The van der Waals surface area contributed by atoms with Crippen LogP contribution in [0, 0.1) is 5.92 Å². The molecule has 3 N–H and O–H groups in total. The van der Waals surface area contributed by atoms with E-state index in [1.165, 1.54) is 25.7 Å². The monoisotopic (exact) mass is 225 g/mol. The maximum atomic E-state index is 11.4. The summed E-state index contributed by atoms with van der Waals surface area (Å²) in [7, 11) is 2.24. The Hall–Kier alpha value is -0.610. The third-order valence-corrected chi connectivity index (χ3v) is 4.17. The Kier molecular flexibility index (Phi) is 3.50. The van der Waals surface area contributed by atoms with Gasteiger partial charge in [0.1, 0.15) is 0 Å². The average Bonchev–Trinajstić information content (AvgIpc) is 2.51. The van der Waals surface area contributed by atoms with Crippen molar-refractivity contribution in [1.29, 1.82) is 0 Å². The Morgan fingerprint density at radius 1 is 1.44 bits per heavy atom. The molecular weight excluding hydrogens is 202 g/mol. The van der Waals surface area contributed by atoms with Gasteiger partial charge in [-0.2, -0.15) is 0 Å². The van der Waals surface area contributed by atoms with Gasteiger partial charge in [-0.1, -0.05) is 0 Å². The molecule has 0 aromatic carbocycles. The summed E-state index contributed by atoms with van der Waals surface area (Å²) >= 11 is 0. The van der Waals surface area contributed by atoms with Crippen LogP contribution in [0.1, 0.15) is 32.6 Å². The van der Waals surface area contributed by atoms with Crippen LogP contribution in [-0.4, -0.2) is 42.5 Å². The SMILES string of the molecule is CC(N)C(=O)NCC1CC2CCC(C1)N2C. The second-order valence-corrected chi connectivity index (χ2v) is 5.42. The number of carbonyl (C=O) groups excluding carboxylic acids is 1. The zero-order valence-corrected chi connectivity index (χ0v) is 10.3. The van der Waals surface area contributed by atoms with Crippen molar-refractivity contribution in [2.45, 2.75) is 50.7 Å². The molecule has 0 aromatic rings. The first kappa shape index (κ1) is 11.9. The highest BCUT2D eigenvalue weighted by molar-refractivity contribution is 5.80. The summed E-state index contributed by atoms with van der Waals surface area (Å²) < 4.78 is 0. The van der Waals surface area contributed by atoms with Crippen molar-refractivity contribution in [1.82, 2.24) is 10.2 Å². The molecule has 3 unspecified atom stereocenters.